The molecule has 0 fully saturated rings. The van der Waals surface area contributed by atoms with E-state index in [1.54, 1.807) is 11.1 Å². The van der Waals surface area contributed by atoms with E-state index >= 15 is 0 Å². The summed E-state index contributed by atoms with van der Waals surface area (Å²) in [7, 11) is -0.998. The van der Waals surface area contributed by atoms with E-state index < -0.39 is 20.1 Å². The Bertz CT molecular complexity index is 382. The molecule has 0 amide bonds. The summed E-state index contributed by atoms with van der Waals surface area (Å²) < 4.78 is 0. The van der Waals surface area contributed by atoms with Crippen LogP contribution in [0, 0.1) is 0 Å². The van der Waals surface area contributed by atoms with Crippen molar-refractivity contribution in [1.82, 2.24) is 0 Å². The highest BCUT2D eigenvalue weighted by Crippen LogP contribution is 2.64. The van der Waals surface area contributed by atoms with Gasteiger partial charge in [-0.05, 0) is 61.5 Å². The van der Waals surface area contributed by atoms with Gasteiger partial charge in [0.2, 0.25) is 0 Å². The van der Waals surface area contributed by atoms with Crippen LogP contribution < -0.4 is 0 Å². The van der Waals surface area contributed by atoms with Gasteiger partial charge < -0.3 is 0 Å². The first-order chi connectivity index (χ1) is 8.21. The van der Waals surface area contributed by atoms with E-state index in [0.717, 1.165) is 10.5 Å². The third-order valence-corrected chi connectivity index (χ3v) is 8.48. The molecule has 0 N–H and O–H groups in total. The van der Waals surface area contributed by atoms with Crippen molar-refractivity contribution in [2.45, 2.75) is 23.3 Å². The molecule has 1 aromatic rings. The molecular formula is C16H28S2. The number of hydrogen-bond acceptors (Lipinski definition) is 0. The predicted molar refractivity (Wildman–Crippen MR) is 91.9 cm³/mol. The van der Waals surface area contributed by atoms with Crippen molar-refractivity contribution in [3.8, 4) is 0 Å². The van der Waals surface area contributed by atoms with Crippen LogP contribution in [0.4, 0.5) is 0 Å². The van der Waals surface area contributed by atoms with Crippen molar-refractivity contribution in [3.63, 3.8) is 0 Å². The SMILES string of the molecule is CS(C)(C)C1CCC(S(C)(C)C)c2ccccc21. The summed E-state index contributed by atoms with van der Waals surface area (Å²) >= 11 is 0. The molecule has 2 atom stereocenters. The molecule has 2 unspecified atom stereocenters. The standard InChI is InChI=1S/C16H28S2/c1-17(2,3)15-11-12-16(18(4,5)6)14-10-8-7-9-13(14)15/h7-10,15-16H,11-12H2,1-6H3. The lowest BCUT2D eigenvalue weighted by molar-refractivity contribution is 0.655. The zero-order chi connectivity index (χ0) is 13.6. The van der Waals surface area contributed by atoms with Crippen molar-refractivity contribution < 1.29 is 0 Å². The fraction of sp³-hybridized carbons (Fsp3) is 0.625. The Kier molecular flexibility index (Phi) is 3.81. The predicted octanol–water partition coefficient (Wildman–Crippen LogP) is 4.95. The normalized spacial score (nSPS) is 26.6. The topological polar surface area (TPSA) is 0 Å². The number of hydrogen-bond donors (Lipinski definition) is 0. The summed E-state index contributed by atoms with van der Waals surface area (Å²) in [6.45, 7) is 0. The van der Waals surface area contributed by atoms with Gasteiger partial charge in [-0.3, -0.25) is 0 Å². The lowest BCUT2D eigenvalue weighted by atomic mass is 9.91. The van der Waals surface area contributed by atoms with Gasteiger partial charge in [0.25, 0.3) is 0 Å². The molecule has 0 saturated carbocycles. The van der Waals surface area contributed by atoms with E-state index in [4.69, 9.17) is 0 Å². The maximum absolute atomic E-state index is 2.47. The Labute approximate surface area is 116 Å². The molecule has 0 nitrogen and oxygen atoms in total. The molecule has 2 heteroatoms. The molecule has 0 saturated heterocycles. The van der Waals surface area contributed by atoms with Gasteiger partial charge in [-0.2, -0.15) is 0 Å². The molecule has 1 aliphatic carbocycles. The van der Waals surface area contributed by atoms with Gasteiger partial charge in [-0.15, -0.1) is 0 Å². The van der Waals surface area contributed by atoms with E-state index in [0.29, 0.717) is 0 Å². The molecule has 1 aromatic carbocycles. The first-order valence-corrected chi connectivity index (χ1v) is 12.5. The number of benzene rings is 1. The number of fused-ring (bicyclic) bond motifs is 1. The maximum atomic E-state index is 2.47. The highest BCUT2D eigenvalue weighted by molar-refractivity contribution is 8.32. The summed E-state index contributed by atoms with van der Waals surface area (Å²) in [6, 6.07) is 9.26. The Morgan fingerprint density at radius 2 is 1.06 bits per heavy atom. The molecule has 0 heterocycles. The van der Waals surface area contributed by atoms with Gasteiger partial charge in [0.05, 0.1) is 0 Å². The minimum Gasteiger partial charge on any atom is -0.243 e. The van der Waals surface area contributed by atoms with Crippen molar-refractivity contribution in [3.05, 3.63) is 35.4 Å². The minimum atomic E-state index is -0.499. The second-order valence-electron chi connectivity index (χ2n) is 7.05. The average molecular weight is 285 g/mol. The summed E-state index contributed by atoms with van der Waals surface area (Å²) in [5.74, 6) is 0. The average Bonchev–Trinajstić information content (AvgIpc) is 2.24. The monoisotopic (exact) mass is 284 g/mol. The molecule has 0 radical (unpaired) electrons. The summed E-state index contributed by atoms with van der Waals surface area (Å²) in [6.07, 6.45) is 17.6. The van der Waals surface area contributed by atoms with E-state index in [1.165, 1.54) is 12.8 Å². The highest BCUT2D eigenvalue weighted by Gasteiger charge is 2.34. The smallest absolute Gasteiger partial charge is 0.0137 e. The fourth-order valence-electron chi connectivity index (χ4n) is 3.18. The van der Waals surface area contributed by atoms with Gasteiger partial charge in [0, 0.05) is 10.5 Å². The van der Waals surface area contributed by atoms with Crippen LogP contribution in [-0.4, -0.2) is 37.5 Å². The van der Waals surface area contributed by atoms with Crippen LogP contribution in [0.15, 0.2) is 24.3 Å². The molecule has 0 bridgehead atoms. The molecule has 0 aliphatic heterocycles. The second kappa shape index (κ2) is 4.79. The van der Waals surface area contributed by atoms with Crippen LogP contribution >= 0.6 is 20.1 Å². The van der Waals surface area contributed by atoms with Crippen molar-refractivity contribution in [1.29, 1.82) is 0 Å². The van der Waals surface area contributed by atoms with Gasteiger partial charge in [0.1, 0.15) is 0 Å². The minimum absolute atomic E-state index is 0.499. The van der Waals surface area contributed by atoms with Gasteiger partial charge >= 0.3 is 0 Å². The molecular weight excluding hydrogens is 256 g/mol. The second-order valence-corrected chi connectivity index (χ2v) is 15.9. The molecule has 104 valence electrons. The Morgan fingerprint density at radius 1 is 0.722 bits per heavy atom. The zero-order valence-electron chi connectivity index (χ0n) is 12.7. The summed E-state index contributed by atoms with van der Waals surface area (Å²) in [5, 5.41) is 1.62. The molecule has 18 heavy (non-hydrogen) atoms. The van der Waals surface area contributed by atoms with Crippen LogP contribution in [0.1, 0.15) is 34.5 Å². The first-order valence-electron chi connectivity index (χ1n) is 6.64. The third-order valence-electron chi connectivity index (χ3n) is 4.09. The quantitative estimate of drug-likeness (QED) is 0.721. The molecule has 2 rings (SSSR count). The lowest BCUT2D eigenvalue weighted by Crippen LogP contribution is -2.20. The van der Waals surface area contributed by atoms with Gasteiger partial charge in [-0.25, -0.2) is 20.1 Å². The Hall–Kier alpha value is -0.0800. The third kappa shape index (κ3) is 2.75. The zero-order valence-corrected chi connectivity index (χ0v) is 14.3. The van der Waals surface area contributed by atoms with E-state index in [2.05, 4.69) is 61.8 Å². The lowest BCUT2D eigenvalue weighted by Gasteiger charge is -2.47. The summed E-state index contributed by atoms with van der Waals surface area (Å²) in [4.78, 5) is 0. The van der Waals surface area contributed by atoms with E-state index in [1.807, 2.05) is 0 Å². The molecule has 0 aromatic heterocycles. The highest BCUT2D eigenvalue weighted by atomic mass is 32.3. The van der Waals surface area contributed by atoms with Crippen LogP contribution in [0.2, 0.25) is 0 Å². The van der Waals surface area contributed by atoms with Crippen molar-refractivity contribution in [2.75, 3.05) is 37.5 Å². The van der Waals surface area contributed by atoms with E-state index in [-0.39, 0.29) is 0 Å². The van der Waals surface area contributed by atoms with Gasteiger partial charge in [-0.1, -0.05) is 24.3 Å². The van der Waals surface area contributed by atoms with Crippen LogP contribution in [-0.2, 0) is 0 Å². The Morgan fingerprint density at radius 3 is 1.33 bits per heavy atom. The molecule has 1 aliphatic rings. The first kappa shape index (κ1) is 14.3. The van der Waals surface area contributed by atoms with Crippen LogP contribution in [0.3, 0.4) is 0 Å². The summed E-state index contributed by atoms with van der Waals surface area (Å²) in [5.41, 5.74) is 3.33. The van der Waals surface area contributed by atoms with E-state index in [9.17, 15) is 0 Å². The number of rotatable bonds is 2. The largest absolute Gasteiger partial charge is 0.243 e. The Balaban J connectivity index is 2.47. The fourth-order valence-corrected chi connectivity index (χ4v) is 6.82. The van der Waals surface area contributed by atoms with Gasteiger partial charge in [0.15, 0.2) is 0 Å². The molecule has 0 spiro atoms. The van der Waals surface area contributed by atoms with Crippen molar-refractivity contribution in [2.24, 2.45) is 0 Å². The van der Waals surface area contributed by atoms with Crippen molar-refractivity contribution >= 4 is 20.1 Å². The van der Waals surface area contributed by atoms with Crippen LogP contribution in [0.5, 0.6) is 0 Å². The maximum Gasteiger partial charge on any atom is 0.0137 e. The van der Waals surface area contributed by atoms with Crippen LogP contribution in [0.25, 0.3) is 0 Å².